The lowest BCUT2D eigenvalue weighted by atomic mass is 9.56. The van der Waals surface area contributed by atoms with Crippen LogP contribution in [-0.2, 0) is 26.1 Å². The molecule has 5 rings (SSSR count). The van der Waals surface area contributed by atoms with Crippen LogP contribution in [0.5, 0.6) is 5.75 Å². The quantitative estimate of drug-likeness (QED) is 0.854. The second-order valence-corrected chi connectivity index (χ2v) is 7.20. The van der Waals surface area contributed by atoms with Crippen molar-refractivity contribution in [3.8, 4) is 5.75 Å². The van der Waals surface area contributed by atoms with Crippen LogP contribution in [0.15, 0.2) is 18.2 Å². The van der Waals surface area contributed by atoms with Crippen LogP contribution in [0.2, 0.25) is 0 Å². The number of rotatable bonds is 1. The van der Waals surface area contributed by atoms with Crippen molar-refractivity contribution in [1.82, 2.24) is 5.32 Å². The van der Waals surface area contributed by atoms with Crippen molar-refractivity contribution in [1.29, 1.82) is 0 Å². The van der Waals surface area contributed by atoms with Gasteiger partial charge in [-0.1, -0.05) is 6.07 Å². The standard InChI is InChI=1S/C18H21NO4/c1-21-12-2-3-13-11(8-12)9-15-14-10-17(22-6-7-23-17)4-5-18(13,14)16(20)19-15/h2-3,8,14-15H,4-7,9-10H2,1H3,(H,19,20)/t14-,15-,18+/m0/s1. The maximum Gasteiger partial charge on any atom is 0.231 e. The summed E-state index contributed by atoms with van der Waals surface area (Å²) in [5.41, 5.74) is 2.01. The Morgan fingerprint density at radius 1 is 1.26 bits per heavy atom. The minimum atomic E-state index is -0.456. The predicted octanol–water partition coefficient (Wildman–Crippen LogP) is 1.53. The number of amides is 1. The lowest BCUT2D eigenvalue weighted by Crippen LogP contribution is -2.53. The van der Waals surface area contributed by atoms with E-state index < -0.39 is 11.2 Å². The first-order valence-electron chi connectivity index (χ1n) is 8.43. The molecule has 2 heterocycles. The number of methoxy groups -OCH3 is 1. The van der Waals surface area contributed by atoms with Gasteiger partial charge in [-0.3, -0.25) is 4.79 Å². The Balaban J connectivity index is 1.61. The van der Waals surface area contributed by atoms with Crippen LogP contribution < -0.4 is 10.1 Å². The SMILES string of the molecule is COc1ccc2c(c1)C[C@@H]1NC(=O)[C@]23CCC2(C[C@@H]13)OCCO2. The molecule has 5 heteroatoms. The number of hydrogen-bond donors (Lipinski definition) is 1. The molecule has 3 fully saturated rings. The zero-order valence-corrected chi connectivity index (χ0v) is 13.3. The molecule has 2 saturated heterocycles. The van der Waals surface area contributed by atoms with E-state index in [0.717, 1.165) is 31.4 Å². The van der Waals surface area contributed by atoms with Gasteiger partial charge >= 0.3 is 0 Å². The van der Waals surface area contributed by atoms with Crippen LogP contribution in [0.4, 0.5) is 0 Å². The van der Waals surface area contributed by atoms with Gasteiger partial charge < -0.3 is 19.5 Å². The van der Waals surface area contributed by atoms with Crippen molar-refractivity contribution in [2.24, 2.45) is 5.92 Å². The van der Waals surface area contributed by atoms with Crippen LogP contribution in [-0.4, -0.2) is 38.1 Å². The predicted molar refractivity (Wildman–Crippen MR) is 82.3 cm³/mol. The Hall–Kier alpha value is -1.59. The summed E-state index contributed by atoms with van der Waals surface area (Å²) in [6.07, 6.45) is 3.25. The molecule has 0 unspecified atom stereocenters. The molecule has 0 radical (unpaired) electrons. The molecule has 23 heavy (non-hydrogen) atoms. The normalized spacial score (nSPS) is 36.5. The van der Waals surface area contributed by atoms with Gasteiger partial charge in [0.1, 0.15) is 5.75 Å². The van der Waals surface area contributed by atoms with Crippen LogP contribution in [0.3, 0.4) is 0 Å². The van der Waals surface area contributed by atoms with Crippen LogP contribution in [0.25, 0.3) is 0 Å². The van der Waals surface area contributed by atoms with E-state index in [-0.39, 0.29) is 17.9 Å². The first kappa shape index (κ1) is 13.8. The molecule has 2 aliphatic carbocycles. The second-order valence-electron chi connectivity index (χ2n) is 7.20. The molecule has 4 aliphatic rings. The summed E-state index contributed by atoms with van der Waals surface area (Å²) in [5, 5.41) is 3.25. The highest BCUT2D eigenvalue weighted by atomic mass is 16.7. The Labute approximate surface area is 135 Å². The number of hydrogen-bond acceptors (Lipinski definition) is 4. The van der Waals surface area contributed by atoms with Gasteiger partial charge in [-0.25, -0.2) is 0 Å². The minimum Gasteiger partial charge on any atom is -0.497 e. The molecule has 1 aromatic rings. The zero-order valence-electron chi connectivity index (χ0n) is 13.3. The number of carbonyl (C=O) groups is 1. The van der Waals surface area contributed by atoms with Gasteiger partial charge in [0.25, 0.3) is 0 Å². The molecule has 5 nitrogen and oxygen atoms in total. The van der Waals surface area contributed by atoms with Crippen molar-refractivity contribution < 1.29 is 19.0 Å². The summed E-state index contributed by atoms with van der Waals surface area (Å²) >= 11 is 0. The molecular formula is C18H21NO4. The maximum atomic E-state index is 12.9. The molecule has 3 atom stereocenters. The van der Waals surface area contributed by atoms with E-state index >= 15 is 0 Å². The van der Waals surface area contributed by atoms with E-state index in [9.17, 15) is 4.79 Å². The largest absolute Gasteiger partial charge is 0.497 e. The number of ether oxygens (including phenoxy) is 3. The van der Waals surface area contributed by atoms with Crippen molar-refractivity contribution in [2.75, 3.05) is 20.3 Å². The summed E-state index contributed by atoms with van der Waals surface area (Å²) in [4.78, 5) is 12.9. The molecule has 2 aliphatic heterocycles. The fraction of sp³-hybridized carbons (Fsp3) is 0.611. The fourth-order valence-corrected chi connectivity index (χ4v) is 5.30. The molecule has 1 aromatic carbocycles. The Morgan fingerprint density at radius 2 is 2.09 bits per heavy atom. The first-order chi connectivity index (χ1) is 11.2. The van der Waals surface area contributed by atoms with Gasteiger partial charge in [-0.15, -0.1) is 0 Å². The van der Waals surface area contributed by atoms with Gasteiger partial charge in [0.2, 0.25) is 5.91 Å². The Morgan fingerprint density at radius 3 is 2.87 bits per heavy atom. The summed E-state index contributed by atoms with van der Waals surface area (Å²) in [7, 11) is 1.68. The van der Waals surface area contributed by atoms with Crippen LogP contribution in [0.1, 0.15) is 30.4 Å². The third-order valence-corrected chi connectivity index (χ3v) is 6.32. The average Bonchev–Trinajstić information content (AvgIpc) is 3.09. The minimum absolute atomic E-state index is 0.173. The smallest absolute Gasteiger partial charge is 0.231 e. The molecule has 0 aromatic heterocycles. The molecule has 1 spiro atoms. The third kappa shape index (κ3) is 1.67. The highest BCUT2D eigenvalue weighted by Crippen LogP contribution is 2.57. The van der Waals surface area contributed by atoms with Gasteiger partial charge in [0.05, 0.1) is 25.7 Å². The first-order valence-corrected chi connectivity index (χ1v) is 8.43. The van der Waals surface area contributed by atoms with Crippen LogP contribution >= 0.6 is 0 Å². The van der Waals surface area contributed by atoms with Gasteiger partial charge in [-0.05, 0) is 36.1 Å². The zero-order chi connectivity index (χ0) is 15.7. The van der Waals surface area contributed by atoms with E-state index in [2.05, 4.69) is 17.4 Å². The van der Waals surface area contributed by atoms with E-state index in [0.29, 0.717) is 13.2 Å². The molecule has 1 N–H and O–H groups in total. The average molecular weight is 315 g/mol. The molecule has 122 valence electrons. The Kier molecular flexibility index (Phi) is 2.69. The summed E-state index contributed by atoms with van der Waals surface area (Å²) in [6.45, 7) is 1.33. The molecule has 1 saturated carbocycles. The van der Waals surface area contributed by atoms with E-state index in [1.54, 1.807) is 7.11 Å². The topological polar surface area (TPSA) is 56.8 Å². The van der Waals surface area contributed by atoms with Gasteiger partial charge in [0.15, 0.2) is 5.79 Å². The van der Waals surface area contributed by atoms with Gasteiger partial charge in [-0.2, -0.15) is 0 Å². The lowest BCUT2D eigenvalue weighted by molar-refractivity contribution is -0.197. The highest BCUT2D eigenvalue weighted by molar-refractivity contribution is 5.93. The maximum absolute atomic E-state index is 12.9. The summed E-state index contributed by atoms with van der Waals surface area (Å²) in [6, 6.07) is 6.33. The number of carbonyl (C=O) groups excluding carboxylic acids is 1. The Bertz CT molecular complexity index is 682. The number of benzene rings is 1. The number of nitrogens with one attached hydrogen (secondary N) is 1. The third-order valence-electron chi connectivity index (χ3n) is 6.32. The van der Waals surface area contributed by atoms with Crippen molar-refractivity contribution in [2.45, 2.75) is 42.9 Å². The molecule has 2 bridgehead atoms. The van der Waals surface area contributed by atoms with Crippen molar-refractivity contribution in [3.05, 3.63) is 29.3 Å². The summed E-state index contributed by atoms with van der Waals surface area (Å²) < 4.78 is 17.2. The van der Waals surface area contributed by atoms with Gasteiger partial charge in [0, 0.05) is 24.8 Å². The monoisotopic (exact) mass is 315 g/mol. The van der Waals surface area contributed by atoms with Crippen molar-refractivity contribution >= 4 is 5.91 Å². The fourth-order valence-electron chi connectivity index (χ4n) is 5.30. The van der Waals surface area contributed by atoms with E-state index in [1.807, 2.05) is 6.07 Å². The van der Waals surface area contributed by atoms with E-state index in [1.165, 1.54) is 11.1 Å². The lowest BCUT2D eigenvalue weighted by Gasteiger charge is -2.48. The number of fused-ring (bicyclic) bond motifs is 1. The van der Waals surface area contributed by atoms with Crippen LogP contribution in [0, 0.1) is 5.92 Å². The van der Waals surface area contributed by atoms with E-state index in [4.69, 9.17) is 14.2 Å². The molecular weight excluding hydrogens is 294 g/mol. The summed E-state index contributed by atoms with van der Waals surface area (Å²) in [5.74, 6) is 0.843. The second kappa shape index (κ2) is 4.48. The van der Waals surface area contributed by atoms with Crippen molar-refractivity contribution in [3.63, 3.8) is 0 Å². The molecule has 1 amide bonds. The highest BCUT2D eigenvalue weighted by Gasteiger charge is 2.64.